The maximum Gasteiger partial charge on any atom is 0.244 e. The van der Waals surface area contributed by atoms with E-state index >= 15 is 0 Å². The third kappa shape index (κ3) is 6.53. The largest absolute Gasteiger partial charge is 0.352 e. The molecule has 3 rings (SSSR count). The van der Waals surface area contributed by atoms with Gasteiger partial charge < -0.3 is 10.2 Å². The lowest BCUT2D eigenvalue weighted by Crippen LogP contribution is -2.52. The Kier molecular flexibility index (Phi) is 8.24. The Morgan fingerprint density at radius 1 is 1.06 bits per heavy atom. The molecule has 0 spiro atoms. The van der Waals surface area contributed by atoms with Gasteiger partial charge in [-0.15, -0.1) is 0 Å². The number of hydrogen-bond donors (Lipinski definition) is 1. The molecule has 1 saturated carbocycles. The predicted molar refractivity (Wildman–Crippen MR) is 125 cm³/mol. The summed E-state index contributed by atoms with van der Waals surface area (Å²) in [5.74, 6) is -2.29. The Labute approximate surface area is 198 Å². The van der Waals surface area contributed by atoms with Crippen LogP contribution in [0.4, 0.5) is 14.5 Å². The van der Waals surface area contributed by atoms with Gasteiger partial charge in [0.05, 0.1) is 11.9 Å². The summed E-state index contributed by atoms with van der Waals surface area (Å²) in [6.07, 6.45) is 4.64. The number of carbonyl (C=O) groups is 2. The summed E-state index contributed by atoms with van der Waals surface area (Å²) in [6.45, 7) is 0.814. The third-order valence-corrected chi connectivity index (χ3v) is 7.06. The van der Waals surface area contributed by atoms with E-state index in [2.05, 4.69) is 5.32 Å². The predicted octanol–water partition coefficient (Wildman–Crippen LogP) is 3.21. The second-order valence-corrected chi connectivity index (χ2v) is 10.4. The van der Waals surface area contributed by atoms with Crippen LogP contribution in [-0.4, -0.2) is 50.0 Å². The lowest BCUT2D eigenvalue weighted by molar-refractivity contribution is -0.139. The first kappa shape index (κ1) is 25.6. The number of amides is 2. The summed E-state index contributed by atoms with van der Waals surface area (Å²) in [5, 5.41) is 2.95. The molecule has 0 heterocycles. The lowest BCUT2D eigenvalue weighted by atomic mass is 10.1. The molecule has 1 atom stereocenters. The van der Waals surface area contributed by atoms with Gasteiger partial charge in [-0.25, -0.2) is 17.2 Å². The molecule has 34 heavy (non-hydrogen) atoms. The molecule has 1 aliphatic carbocycles. The number of nitrogens with one attached hydrogen (secondary N) is 1. The molecule has 7 nitrogen and oxygen atoms in total. The smallest absolute Gasteiger partial charge is 0.244 e. The zero-order valence-corrected chi connectivity index (χ0v) is 20.0. The molecular weight excluding hydrogens is 464 g/mol. The fraction of sp³-hybridized carbons (Fsp3) is 0.417. The number of carbonyl (C=O) groups excluding carboxylic acids is 2. The molecule has 0 aliphatic heterocycles. The molecule has 1 unspecified atom stereocenters. The summed E-state index contributed by atoms with van der Waals surface area (Å²) in [6, 6.07) is 9.81. The molecule has 1 aliphatic rings. The summed E-state index contributed by atoms with van der Waals surface area (Å²) in [7, 11) is -4.02. The number of nitrogens with zero attached hydrogens (tertiary/aromatic N) is 2. The maximum atomic E-state index is 14.4. The van der Waals surface area contributed by atoms with E-state index in [1.165, 1.54) is 47.4 Å². The van der Waals surface area contributed by atoms with E-state index < -0.39 is 40.2 Å². The van der Waals surface area contributed by atoms with Gasteiger partial charge in [-0.3, -0.25) is 13.9 Å². The third-order valence-electron chi connectivity index (χ3n) is 5.94. The van der Waals surface area contributed by atoms with E-state index in [1.54, 1.807) is 6.92 Å². The Balaban J connectivity index is 1.88. The van der Waals surface area contributed by atoms with Gasteiger partial charge in [0.15, 0.2) is 0 Å². The highest BCUT2D eigenvalue weighted by molar-refractivity contribution is 7.92. The van der Waals surface area contributed by atoms with Crippen LogP contribution in [0.2, 0.25) is 0 Å². The van der Waals surface area contributed by atoms with E-state index in [0.717, 1.165) is 38.0 Å². The monoisotopic (exact) mass is 493 g/mol. The highest BCUT2D eigenvalue weighted by Gasteiger charge is 2.32. The van der Waals surface area contributed by atoms with Crippen LogP contribution in [-0.2, 0) is 26.2 Å². The quantitative estimate of drug-likeness (QED) is 0.581. The Morgan fingerprint density at radius 3 is 2.26 bits per heavy atom. The SMILES string of the molecule is CC(C(=O)NC1CCCC1)N(Cc1ccc(F)cc1)C(=O)CN(c1ccccc1F)S(C)(=O)=O. The molecule has 1 fully saturated rings. The average Bonchev–Trinajstić information content (AvgIpc) is 3.29. The number of halogens is 2. The molecule has 0 radical (unpaired) electrons. The zero-order valence-electron chi connectivity index (χ0n) is 19.2. The van der Waals surface area contributed by atoms with E-state index in [9.17, 15) is 26.8 Å². The lowest BCUT2D eigenvalue weighted by Gasteiger charge is -2.32. The first-order valence-corrected chi connectivity index (χ1v) is 13.0. The van der Waals surface area contributed by atoms with Crippen molar-refractivity contribution in [2.24, 2.45) is 0 Å². The van der Waals surface area contributed by atoms with E-state index in [-0.39, 0.29) is 24.2 Å². The van der Waals surface area contributed by atoms with Crippen LogP contribution in [0.25, 0.3) is 0 Å². The van der Waals surface area contributed by atoms with Crippen LogP contribution in [0, 0.1) is 11.6 Å². The summed E-state index contributed by atoms with van der Waals surface area (Å²) >= 11 is 0. The minimum atomic E-state index is -4.02. The maximum absolute atomic E-state index is 14.4. The second kappa shape index (κ2) is 10.9. The number of sulfonamides is 1. The Morgan fingerprint density at radius 2 is 1.68 bits per heavy atom. The summed E-state index contributed by atoms with van der Waals surface area (Å²) in [4.78, 5) is 27.6. The Bertz CT molecular complexity index is 1120. The minimum absolute atomic E-state index is 0.0312. The van der Waals surface area contributed by atoms with Crippen molar-refractivity contribution in [1.82, 2.24) is 10.2 Å². The van der Waals surface area contributed by atoms with Gasteiger partial charge >= 0.3 is 0 Å². The molecule has 0 aromatic heterocycles. The highest BCUT2D eigenvalue weighted by atomic mass is 32.2. The van der Waals surface area contributed by atoms with Gasteiger partial charge in [0.25, 0.3) is 0 Å². The van der Waals surface area contributed by atoms with Crippen molar-refractivity contribution in [3.63, 3.8) is 0 Å². The van der Waals surface area contributed by atoms with Crippen molar-refractivity contribution in [1.29, 1.82) is 0 Å². The highest BCUT2D eigenvalue weighted by Crippen LogP contribution is 2.23. The van der Waals surface area contributed by atoms with Crippen LogP contribution >= 0.6 is 0 Å². The minimum Gasteiger partial charge on any atom is -0.352 e. The molecule has 0 saturated heterocycles. The molecule has 2 aromatic carbocycles. The summed E-state index contributed by atoms with van der Waals surface area (Å²) in [5.41, 5.74) is 0.301. The van der Waals surface area contributed by atoms with Crippen LogP contribution in [0.1, 0.15) is 38.2 Å². The van der Waals surface area contributed by atoms with E-state index in [1.807, 2.05) is 0 Å². The van der Waals surface area contributed by atoms with Gasteiger partial charge in [-0.1, -0.05) is 37.1 Å². The van der Waals surface area contributed by atoms with Gasteiger partial charge in [0.2, 0.25) is 21.8 Å². The van der Waals surface area contributed by atoms with Gasteiger partial charge in [0, 0.05) is 12.6 Å². The first-order valence-electron chi connectivity index (χ1n) is 11.1. The van der Waals surface area contributed by atoms with Crippen molar-refractivity contribution >= 4 is 27.5 Å². The van der Waals surface area contributed by atoms with Gasteiger partial charge in [0.1, 0.15) is 24.2 Å². The fourth-order valence-corrected chi connectivity index (χ4v) is 4.86. The van der Waals surface area contributed by atoms with Crippen molar-refractivity contribution in [3.05, 3.63) is 65.7 Å². The topological polar surface area (TPSA) is 86.8 Å². The van der Waals surface area contributed by atoms with E-state index in [0.29, 0.717) is 9.87 Å². The van der Waals surface area contributed by atoms with Crippen molar-refractivity contribution in [2.75, 3.05) is 17.1 Å². The number of rotatable bonds is 9. The van der Waals surface area contributed by atoms with Crippen molar-refractivity contribution < 1.29 is 26.8 Å². The fourth-order valence-electron chi connectivity index (χ4n) is 4.01. The molecule has 2 amide bonds. The number of benzene rings is 2. The van der Waals surface area contributed by atoms with Crippen molar-refractivity contribution in [3.8, 4) is 0 Å². The number of hydrogen-bond acceptors (Lipinski definition) is 4. The number of anilines is 1. The molecule has 1 N–H and O–H groups in total. The van der Waals surface area contributed by atoms with Crippen LogP contribution < -0.4 is 9.62 Å². The second-order valence-electron chi connectivity index (χ2n) is 8.54. The Hall–Kier alpha value is -3.01. The molecule has 10 heteroatoms. The standard InChI is InChI=1S/C24H29F2N3O4S/c1-17(24(31)27-20-7-3-4-8-20)28(15-18-11-13-19(25)14-12-18)23(30)16-29(34(2,32)33)22-10-6-5-9-21(22)26/h5-6,9-14,17,20H,3-4,7-8,15-16H2,1-2H3,(H,27,31). The molecule has 2 aromatic rings. The number of para-hydroxylation sites is 1. The molecule has 184 valence electrons. The average molecular weight is 494 g/mol. The van der Waals surface area contributed by atoms with Gasteiger partial charge in [-0.2, -0.15) is 0 Å². The van der Waals surface area contributed by atoms with E-state index in [4.69, 9.17) is 0 Å². The van der Waals surface area contributed by atoms with Crippen LogP contribution in [0.15, 0.2) is 48.5 Å². The van der Waals surface area contributed by atoms with Crippen LogP contribution in [0.5, 0.6) is 0 Å². The molecular formula is C24H29F2N3O4S. The zero-order chi connectivity index (χ0) is 24.9. The normalized spacial score (nSPS) is 15.1. The van der Waals surface area contributed by atoms with Crippen LogP contribution in [0.3, 0.4) is 0 Å². The summed E-state index contributed by atoms with van der Waals surface area (Å²) < 4.78 is 53.3. The van der Waals surface area contributed by atoms with Gasteiger partial charge in [-0.05, 0) is 49.6 Å². The molecule has 0 bridgehead atoms. The van der Waals surface area contributed by atoms with Crippen molar-refractivity contribution in [2.45, 2.75) is 51.2 Å². The first-order chi connectivity index (χ1) is 16.1.